The summed E-state index contributed by atoms with van der Waals surface area (Å²) in [7, 11) is 0. The van der Waals surface area contributed by atoms with E-state index in [-0.39, 0.29) is 81.3 Å². The Labute approximate surface area is 405 Å². The maximum atomic E-state index is 14.5. The molecule has 1 aliphatic heterocycles. The second-order valence-electron chi connectivity index (χ2n) is 17.3. The monoisotopic (exact) mass is 992 g/mol. The molecule has 0 radical (unpaired) electrons. The summed E-state index contributed by atoms with van der Waals surface area (Å²) in [5.41, 5.74) is 20.5. The zero-order chi connectivity index (χ0) is 51.8. The minimum atomic E-state index is -1.75. The van der Waals surface area contributed by atoms with Gasteiger partial charge in [0.2, 0.25) is 59.1 Å². The lowest BCUT2D eigenvalue weighted by atomic mass is 9.96. The number of nitrogens with zero attached hydrogens (tertiary/aromatic N) is 1. The Balaban J connectivity index is 2.63. The number of carbonyl (C=O) groups is 11. The number of thioether (sulfide) groups is 1. The normalized spacial score (nSPS) is 20.9. The van der Waals surface area contributed by atoms with Crippen molar-refractivity contribution in [2.45, 2.75) is 122 Å². The smallest absolute Gasteiger partial charge is 0.328 e. The molecule has 1 aliphatic rings. The third-order valence-corrected chi connectivity index (χ3v) is 12.0. The van der Waals surface area contributed by atoms with E-state index in [0.29, 0.717) is 12.0 Å². The van der Waals surface area contributed by atoms with Crippen LogP contribution >= 0.6 is 11.8 Å². The first-order chi connectivity index (χ1) is 32.5. The Morgan fingerprint density at radius 1 is 0.870 bits per heavy atom. The van der Waals surface area contributed by atoms with Crippen LogP contribution in [-0.2, 0) is 59.2 Å². The van der Waals surface area contributed by atoms with Crippen LogP contribution in [0.15, 0.2) is 24.3 Å². The van der Waals surface area contributed by atoms with Crippen molar-refractivity contribution in [1.29, 1.82) is 0 Å². The summed E-state index contributed by atoms with van der Waals surface area (Å²) in [6, 6.07) is -2.42. The van der Waals surface area contributed by atoms with Crippen molar-refractivity contribution < 1.29 is 63.6 Å². The van der Waals surface area contributed by atoms with Crippen LogP contribution in [0.4, 0.5) is 0 Å². The molecule has 1 heterocycles. The summed E-state index contributed by atoms with van der Waals surface area (Å²) in [4.78, 5) is 147. The van der Waals surface area contributed by atoms with Gasteiger partial charge in [0.25, 0.3) is 0 Å². The van der Waals surface area contributed by atoms with E-state index in [1.54, 1.807) is 26.0 Å². The number of aromatic hydroxyl groups is 1. The largest absolute Gasteiger partial charge is 0.508 e. The quantitative estimate of drug-likeness (QED) is 0.0555. The van der Waals surface area contributed by atoms with Gasteiger partial charge in [0.05, 0.1) is 13.0 Å². The first-order valence-corrected chi connectivity index (χ1v) is 24.0. The second kappa shape index (κ2) is 30.2. The van der Waals surface area contributed by atoms with Gasteiger partial charge >= 0.3 is 5.91 Å². The average molecular weight is 992 g/mol. The van der Waals surface area contributed by atoms with Crippen LogP contribution in [0, 0.1) is 11.8 Å². The van der Waals surface area contributed by atoms with E-state index in [2.05, 4.69) is 43.0 Å². The van der Waals surface area contributed by atoms with E-state index in [1.807, 2.05) is 13.8 Å². The van der Waals surface area contributed by atoms with Gasteiger partial charge in [-0.3, -0.25) is 53.7 Å². The number of primary amides is 2. The fraction of sp³-hybridized carbons (Fsp3) is 0.614. The third-order valence-electron chi connectivity index (χ3n) is 10.9. The van der Waals surface area contributed by atoms with Crippen molar-refractivity contribution in [3.8, 4) is 5.75 Å². The molecular weight excluding hydrogens is 921 g/mol. The number of rotatable bonds is 21. The predicted octanol–water partition coefficient (Wildman–Crippen LogP) is -4.33. The van der Waals surface area contributed by atoms with E-state index < -0.39 is 127 Å². The topological polar surface area (TPSA) is 401 Å². The number of hydrogen-bond acceptors (Lipinski definition) is 14. The predicted molar refractivity (Wildman–Crippen MR) is 252 cm³/mol. The van der Waals surface area contributed by atoms with Crippen molar-refractivity contribution >= 4 is 76.7 Å². The molecular formula is C44H71N12O12S+. The van der Waals surface area contributed by atoms with Crippen molar-refractivity contribution in [2.24, 2.45) is 29.0 Å². The fourth-order valence-electron chi connectivity index (χ4n) is 6.98. The SMILES string of the molecule is CCC(C)C1NC(=O)C(Cc2ccc(O)cc2)NC(=O)CCCSCC(C(=O)N(CCCN)CC(=O)NC(CC(C)C)C(=O)NCC([NH3+])=O)NC(=O)C(CC(N)=O)NC(=O)C(CCC(N)=O)NC1=O. The number of phenols is 1. The van der Waals surface area contributed by atoms with Crippen LogP contribution in [0.25, 0.3) is 0 Å². The molecule has 7 atom stereocenters. The van der Waals surface area contributed by atoms with E-state index >= 15 is 0 Å². The summed E-state index contributed by atoms with van der Waals surface area (Å²) in [6.07, 6.45) is -0.800. The van der Waals surface area contributed by atoms with Gasteiger partial charge in [-0.2, -0.15) is 11.8 Å². The van der Waals surface area contributed by atoms with Crippen LogP contribution in [0.3, 0.4) is 0 Å². The molecule has 1 fully saturated rings. The van der Waals surface area contributed by atoms with Gasteiger partial charge < -0.3 is 64.4 Å². The Morgan fingerprint density at radius 3 is 2.10 bits per heavy atom. The summed E-state index contributed by atoms with van der Waals surface area (Å²) in [5, 5.41) is 27.8. The summed E-state index contributed by atoms with van der Waals surface area (Å²) >= 11 is 1.14. The molecule has 1 saturated heterocycles. The van der Waals surface area contributed by atoms with Crippen LogP contribution in [0.5, 0.6) is 5.75 Å². The summed E-state index contributed by atoms with van der Waals surface area (Å²) < 4.78 is 0. The summed E-state index contributed by atoms with van der Waals surface area (Å²) in [5.74, 6) is -9.48. The van der Waals surface area contributed by atoms with Gasteiger partial charge in [0.1, 0.15) is 48.5 Å². The van der Waals surface area contributed by atoms with Crippen LogP contribution in [0.2, 0.25) is 0 Å². The minimum Gasteiger partial charge on any atom is -0.508 e. The maximum absolute atomic E-state index is 14.5. The fourth-order valence-corrected chi connectivity index (χ4v) is 7.95. The number of hydrogen-bond donors (Lipinski definition) is 12. The highest BCUT2D eigenvalue weighted by Crippen LogP contribution is 2.16. The maximum Gasteiger partial charge on any atom is 0.328 e. The van der Waals surface area contributed by atoms with Gasteiger partial charge in [-0.15, -0.1) is 0 Å². The van der Waals surface area contributed by atoms with Crippen LogP contribution in [-0.4, -0.2) is 149 Å². The molecule has 0 aromatic heterocycles. The first-order valence-electron chi connectivity index (χ1n) is 22.9. The highest BCUT2D eigenvalue weighted by atomic mass is 32.2. The van der Waals surface area contributed by atoms with Gasteiger partial charge in [0, 0.05) is 31.6 Å². The van der Waals surface area contributed by atoms with Crippen molar-refractivity contribution in [3.63, 3.8) is 0 Å². The lowest BCUT2D eigenvalue weighted by molar-refractivity contribution is -0.304. The zero-order valence-corrected chi connectivity index (χ0v) is 40.6. The van der Waals surface area contributed by atoms with E-state index in [0.717, 1.165) is 16.7 Å². The second-order valence-corrected chi connectivity index (χ2v) is 18.5. The van der Waals surface area contributed by atoms with Crippen molar-refractivity contribution in [3.05, 3.63) is 29.8 Å². The third kappa shape index (κ3) is 22.1. The van der Waals surface area contributed by atoms with Gasteiger partial charge in [0.15, 0.2) is 0 Å². The molecule has 1 aromatic rings. The molecule has 384 valence electrons. The van der Waals surface area contributed by atoms with Gasteiger partial charge in [-0.25, -0.2) is 4.79 Å². The van der Waals surface area contributed by atoms with E-state index in [9.17, 15) is 57.8 Å². The number of nitrogens with one attached hydrogen (secondary N) is 7. The average Bonchev–Trinajstić information content (AvgIpc) is 3.28. The van der Waals surface area contributed by atoms with Crippen molar-refractivity contribution in [2.75, 3.05) is 37.7 Å². The molecule has 0 bridgehead atoms. The molecule has 1 aromatic carbocycles. The number of benzene rings is 1. The first kappa shape index (κ1) is 58.8. The highest BCUT2D eigenvalue weighted by Gasteiger charge is 2.36. The minimum absolute atomic E-state index is 0.0276. The molecule has 25 heteroatoms. The van der Waals surface area contributed by atoms with Gasteiger partial charge in [-0.05, 0) is 67.5 Å². The standard InChI is InChI=1S/C44H70N12O12S/c1-5-25(4)38-43(67)52-28(13-14-33(46)58)40(64)53-31(20-34(47)59)41(65)54-32(23-69-17-6-8-36(61)50-30(42(66)55-38)19-26-9-11-27(57)12-10-26)44(68)56(16-7-15-45)22-37(62)51-29(18-24(2)3)39(63)49-21-35(48)60/h9-12,24-25,28-32,38,57H,5-8,13-23,45H2,1-4H3,(H2,46,58)(H2,47,59)(H2,48,60)(H,49,63)(H,50,61)(H,51,62)(H,52,67)(H,53,64)(H,54,65)(H,55,66)/p+1. The number of carbonyl (C=O) groups excluding carboxylic acids is 11. The number of phenolic OH excluding ortho intramolecular Hbond substituents is 1. The number of nitrogens with two attached hydrogens (primary N) is 3. The lowest BCUT2D eigenvalue weighted by Crippen LogP contribution is -2.62. The highest BCUT2D eigenvalue weighted by molar-refractivity contribution is 7.99. The Hall–Kier alpha value is -6.34. The lowest BCUT2D eigenvalue weighted by Gasteiger charge is -2.30. The molecule has 69 heavy (non-hydrogen) atoms. The van der Waals surface area contributed by atoms with Crippen molar-refractivity contribution in [1.82, 2.24) is 42.1 Å². The number of amides is 11. The molecule has 24 nitrogen and oxygen atoms in total. The Kier molecular flexibility index (Phi) is 25.7. The molecule has 0 saturated carbocycles. The zero-order valence-electron chi connectivity index (χ0n) is 39.8. The van der Waals surface area contributed by atoms with Crippen LogP contribution in [0.1, 0.15) is 84.6 Å². The van der Waals surface area contributed by atoms with Gasteiger partial charge in [-0.1, -0.05) is 46.2 Å². The Morgan fingerprint density at radius 2 is 1.51 bits per heavy atom. The summed E-state index contributed by atoms with van der Waals surface area (Å²) in [6.45, 7) is 6.08. The molecule has 11 amide bonds. The molecule has 7 unspecified atom stereocenters. The molecule has 0 aliphatic carbocycles. The number of quaternary nitrogens is 1. The van der Waals surface area contributed by atoms with E-state index in [4.69, 9.17) is 17.2 Å². The molecule has 0 spiro atoms. The molecule has 2 rings (SSSR count). The molecule has 17 N–H and O–H groups in total. The van der Waals surface area contributed by atoms with E-state index in [1.165, 1.54) is 12.1 Å². The Bertz CT molecular complexity index is 1970. The van der Waals surface area contributed by atoms with Crippen LogP contribution < -0.4 is 60.2 Å².